The fraction of sp³-hybridized carbons (Fsp3) is 0.529. The van der Waals surface area contributed by atoms with Crippen LogP contribution in [0.2, 0.25) is 0 Å². The molecular formula is C17H22F3N5O. The van der Waals surface area contributed by atoms with Crippen LogP contribution in [-0.2, 0) is 0 Å². The lowest BCUT2D eigenvalue weighted by Gasteiger charge is -2.35. The first kappa shape index (κ1) is 18.5. The van der Waals surface area contributed by atoms with Gasteiger partial charge < -0.3 is 15.2 Å². The van der Waals surface area contributed by atoms with Crippen LogP contribution in [0, 0.1) is 6.92 Å². The Hall–Kier alpha value is -2.29. The number of H-pyrrole nitrogens is 1. The third-order valence-corrected chi connectivity index (χ3v) is 4.47. The van der Waals surface area contributed by atoms with E-state index >= 15 is 0 Å². The second-order valence-corrected chi connectivity index (χ2v) is 6.69. The minimum absolute atomic E-state index is 0.214. The molecule has 26 heavy (non-hydrogen) atoms. The lowest BCUT2D eigenvalue weighted by molar-refractivity contribution is -0.148. The number of benzene rings is 1. The molecule has 0 saturated carbocycles. The standard InChI is InChI=1S/C17H22F3N5O/c1-11-3-4-13-14(9-11)23-15(22-13)12(2)21-16(26)25-7-5-24(6-8-25)10-17(18,19)20/h3-4,9,12H,5-8,10H2,1-2H3,(H,21,26)(H,22,23). The van der Waals surface area contributed by atoms with Crippen molar-refractivity contribution in [2.24, 2.45) is 0 Å². The number of imidazole rings is 1. The summed E-state index contributed by atoms with van der Waals surface area (Å²) in [4.78, 5) is 22.9. The number of aromatic amines is 1. The van der Waals surface area contributed by atoms with Crippen LogP contribution >= 0.6 is 0 Å². The van der Waals surface area contributed by atoms with Crippen molar-refractivity contribution in [2.75, 3.05) is 32.7 Å². The number of urea groups is 1. The molecule has 1 aromatic carbocycles. The van der Waals surface area contributed by atoms with Crippen molar-refractivity contribution in [1.29, 1.82) is 0 Å². The monoisotopic (exact) mass is 369 g/mol. The predicted octanol–water partition coefficient (Wildman–Crippen LogP) is 2.82. The quantitative estimate of drug-likeness (QED) is 0.875. The molecule has 2 amide bonds. The summed E-state index contributed by atoms with van der Waals surface area (Å²) in [7, 11) is 0. The molecule has 1 aliphatic rings. The molecule has 9 heteroatoms. The number of hydrogen-bond donors (Lipinski definition) is 2. The molecule has 2 aromatic rings. The van der Waals surface area contributed by atoms with Crippen LogP contribution in [0.15, 0.2) is 18.2 Å². The molecule has 1 unspecified atom stereocenters. The van der Waals surface area contributed by atoms with Crippen molar-refractivity contribution in [2.45, 2.75) is 26.1 Å². The van der Waals surface area contributed by atoms with Gasteiger partial charge in [0, 0.05) is 26.2 Å². The number of halogens is 3. The van der Waals surface area contributed by atoms with Crippen LogP contribution < -0.4 is 5.32 Å². The molecule has 1 atom stereocenters. The van der Waals surface area contributed by atoms with Gasteiger partial charge >= 0.3 is 12.2 Å². The SMILES string of the molecule is Cc1ccc2nc(C(C)NC(=O)N3CCN(CC(F)(F)F)CC3)[nH]c2c1. The van der Waals surface area contributed by atoms with Crippen LogP contribution in [0.3, 0.4) is 0 Å². The van der Waals surface area contributed by atoms with E-state index in [-0.39, 0.29) is 38.3 Å². The summed E-state index contributed by atoms with van der Waals surface area (Å²) in [5, 5.41) is 2.86. The second kappa shape index (κ2) is 7.14. The smallest absolute Gasteiger partial charge is 0.340 e. The minimum atomic E-state index is -4.21. The van der Waals surface area contributed by atoms with Crippen molar-refractivity contribution in [3.05, 3.63) is 29.6 Å². The number of aryl methyl sites for hydroxylation is 1. The van der Waals surface area contributed by atoms with E-state index in [2.05, 4.69) is 15.3 Å². The summed E-state index contributed by atoms with van der Waals surface area (Å²) in [6.07, 6.45) is -4.21. The topological polar surface area (TPSA) is 64.3 Å². The van der Waals surface area contributed by atoms with Gasteiger partial charge in [-0.3, -0.25) is 4.90 Å². The molecule has 142 valence electrons. The first-order valence-corrected chi connectivity index (χ1v) is 8.52. The van der Waals surface area contributed by atoms with Gasteiger partial charge in [-0.25, -0.2) is 9.78 Å². The van der Waals surface area contributed by atoms with E-state index < -0.39 is 12.7 Å². The number of nitrogens with zero attached hydrogens (tertiary/aromatic N) is 3. The normalized spacial score (nSPS) is 17.5. The average molecular weight is 369 g/mol. The van der Waals surface area contributed by atoms with Crippen LogP contribution in [0.25, 0.3) is 11.0 Å². The van der Waals surface area contributed by atoms with Gasteiger partial charge in [-0.15, -0.1) is 0 Å². The van der Waals surface area contributed by atoms with Crippen LogP contribution in [0.1, 0.15) is 24.4 Å². The number of carbonyl (C=O) groups is 1. The summed E-state index contributed by atoms with van der Waals surface area (Å²) >= 11 is 0. The second-order valence-electron chi connectivity index (χ2n) is 6.69. The zero-order valence-electron chi connectivity index (χ0n) is 14.7. The molecule has 0 bridgehead atoms. The van der Waals surface area contributed by atoms with E-state index in [9.17, 15) is 18.0 Å². The first-order chi connectivity index (χ1) is 12.2. The van der Waals surface area contributed by atoms with Gasteiger partial charge in [0.2, 0.25) is 0 Å². The summed E-state index contributed by atoms with van der Waals surface area (Å²) in [5.41, 5.74) is 2.84. The summed E-state index contributed by atoms with van der Waals surface area (Å²) in [5.74, 6) is 0.648. The molecule has 1 saturated heterocycles. The minimum Gasteiger partial charge on any atom is -0.340 e. The largest absolute Gasteiger partial charge is 0.401 e. The summed E-state index contributed by atoms with van der Waals surface area (Å²) in [6, 6.07) is 5.25. The lowest BCUT2D eigenvalue weighted by Crippen LogP contribution is -2.53. The lowest BCUT2D eigenvalue weighted by atomic mass is 10.2. The molecule has 3 rings (SSSR count). The fourth-order valence-electron chi connectivity index (χ4n) is 3.06. The van der Waals surface area contributed by atoms with Crippen LogP contribution in [-0.4, -0.2) is 64.7 Å². The molecule has 2 heterocycles. The van der Waals surface area contributed by atoms with Gasteiger partial charge in [0.1, 0.15) is 5.82 Å². The molecule has 1 fully saturated rings. The number of rotatable bonds is 3. The van der Waals surface area contributed by atoms with E-state index in [1.165, 1.54) is 9.80 Å². The molecular weight excluding hydrogens is 347 g/mol. The van der Waals surface area contributed by atoms with Gasteiger partial charge in [-0.05, 0) is 31.5 Å². The van der Waals surface area contributed by atoms with Crippen LogP contribution in [0.4, 0.5) is 18.0 Å². The predicted molar refractivity (Wildman–Crippen MR) is 91.8 cm³/mol. The Morgan fingerprint density at radius 2 is 2.00 bits per heavy atom. The molecule has 0 aliphatic carbocycles. The van der Waals surface area contributed by atoms with E-state index in [4.69, 9.17) is 0 Å². The number of hydrogen-bond acceptors (Lipinski definition) is 3. The maximum atomic E-state index is 12.4. The van der Waals surface area contributed by atoms with Gasteiger partial charge in [0.05, 0.1) is 23.6 Å². The molecule has 0 radical (unpaired) electrons. The highest BCUT2D eigenvalue weighted by Crippen LogP contribution is 2.19. The summed E-state index contributed by atoms with van der Waals surface area (Å²) in [6.45, 7) is 3.85. The number of nitrogens with one attached hydrogen (secondary N) is 2. The molecule has 1 aliphatic heterocycles. The highest BCUT2D eigenvalue weighted by molar-refractivity contribution is 5.77. The van der Waals surface area contributed by atoms with Crippen molar-refractivity contribution in [3.8, 4) is 0 Å². The highest BCUT2D eigenvalue weighted by atomic mass is 19.4. The van der Waals surface area contributed by atoms with E-state index in [0.29, 0.717) is 5.82 Å². The molecule has 0 spiro atoms. The number of carbonyl (C=O) groups excluding carboxylic acids is 1. The maximum Gasteiger partial charge on any atom is 0.401 e. The molecule has 1 aromatic heterocycles. The van der Waals surface area contributed by atoms with E-state index in [1.807, 2.05) is 32.0 Å². The third-order valence-electron chi connectivity index (χ3n) is 4.47. The third kappa shape index (κ3) is 4.46. The number of alkyl halides is 3. The van der Waals surface area contributed by atoms with Crippen LogP contribution in [0.5, 0.6) is 0 Å². The Morgan fingerprint density at radius 3 is 2.65 bits per heavy atom. The van der Waals surface area contributed by atoms with Gasteiger partial charge in [0.25, 0.3) is 0 Å². The van der Waals surface area contributed by atoms with Crippen molar-refractivity contribution in [1.82, 2.24) is 25.1 Å². The van der Waals surface area contributed by atoms with Crippen molar-refractivity contribution in [3.63, 3.8) is 0 Å². The number of piperazine rings is 1. The molecule has 6 nitrogen and oxygen atoms in total. The highest BCUT2D eigenvalue weighted by Gasteiger charge is 2.33. The Labute approximate surface area is 149 Å². The number of aromatic nitrogens is 2. The zero-order chi connectivity index (χ0) is 18.9. The van der Waals surface area contributed by atoms with Gasteiger partial charge in [-0.1, -0.05) is 6.07 Å². The molecule has 2 N–H and O–H groups in total. The Morgan fingerprint density at radius 1 is 1.31 bits per heavy atom. The first-order valence-electron chi connectivity index (χ1n) is 8.52. The van der Waals surface area contributed by atoms with E-state index in [0.717, 1.165) is 16.6 Å². The van der Waals surface area contributed by atoms with Gasteiger partial charge in [0.15, 0.2) is 0 Å². The average Bonchev–Trinajstić information content (AvgIpc) is 2.97. The number of fused-ring (bicyclic) bond motifs is 1. The van der Waals surface area contributed by atoms with Crippen molar-refractivity contribution < 1.29 is 18.0 Å². The Kier molecular flexibility index (Phi) is 5.08. The summed E-state index contributed by atoms with van der Waals surface area (Å²) < 4.78 is 37.3. The fourth-order valence-corrected chi connectivity index (χ4v) is 3.06. The van der Waals surface area contributed by atoms with Crippen molar-refractivity contribution >= 4 is 17.1 Å². The maximum absolute atomic E-state index is 12.4. The Bertz CT molecular complexity index is 780. The van der Waals surface area contributed by atoms with Gasteiger partial charge in [-0.2, -0.15) is 13.2 Å². The number of amides is 2. The Balaban J connectivity index is 1.56. The zero-order valence-corrected chi connectivity index (χ0v) is 14.7. The van der Waals surface area contributed by atoms with E-state index in [1.54, 1.807) is 0 Å².